The number of halogens is 1. The Labute approximate surface area is 132 Å². The van der Waals surface area contributed by atoms with Gasteiger partial charge in [0.25, 0.3) is 0 Å². The summed E-state index contributed by atoms with van der Waals surface area (Å²) in [5.41, 5.74) is 1.44. The van der Waals surface area contributed by atoms with Crippen molar-refractivity contribution in [3.8, 4) is 5.75 Å². The van der Waals surface area contributed by atoms with Gasteiger partial charge in [0.2, 0.25) is 0 Å². The van der Waals surface area contributed by atoms with Gasteiger partial charge in [-0.05, 0) is 69.3 Å². The van der Waals surface area contributed by atoms with Crippen LogP contribution in [-0.4, -0.2) is 19.2 Å². The van der Waals surface area contributed by atoms with Crippen molar-refractivity contribution >= 4 is 15.9 Å². The molecule has 2 nitrogen and oxygen atoms in total. The van der Waals surface area contributed by atoms with Gasteiger partial charge in [-0.1, -0.05) is 29.8 Å². The normalized spacial score (nSPS) is 13.6. The van der Waals surface area contributed by atoms with Crippen molar-refractivity contribution in [3.63, 3.8) is 0 Å². The number of hydrogen-bond acceptors (Lipinski definition) is 2. The number of nitrogens with one attached hydrogen (secondary N) is 1. The second-order valence-electron chi connectivity index (χ2n) is 6.80. The van der Waals surface area contributed by atoms with Crippen LogP contribution in [0.3, 0.4) is 0 Å². The van der Waals surface area contributed by atoms with Crippen LogP contribution in [0.2, 0.25) is 0 Å². The van der Waals surface area contributed by atoms with E-state index in [1.165, 1.54) is 5.56 Å². The fourth-order valence-electron chi connectivity index (χ4n) is 2.17. The first-order valence-electron chi connectivity index (χ1n) is 7.30. The van der Waals surface area contributed by atoms with Gasteiger partial charge < -0.3 is 10.1 Å². The first kappa shape index (κ1) is 17.5. The third-order valence-corrected chi connectivity index (χ3v) is 4.06. The Morgan fingerprint density at radius 1 is 1.25 bits per heavy atom. The number of rotatable bonds is 6. The van der Waals surface area contributed by atoms with E-state index in [1.54, 1.807) is 7.11 Å². The zero-order valence-corrected chi connectivity index (χ0v) is 15.2. The SMILES string of the molecule is COc1ccc(Br)cc1CC(CNC(C)(C)C)C(C)C. The van der Waals surface area contributed by atoms with Gasteiger partial charge in [-0.25, -0.2) is 0 Å². The maximum absolute atomic E-state index is 5.49. The molecule has 1 aromatic carbocycles. The molecule has 114 valence electrons. The summed E-state index contributed by atoms with van der Waals surface area (Å²) < 4.78 is 6.60. The fourth-order valence-corrected chi connectivity index (χ4v) is 2.58. The molecule has 0 aliphatic rings. The van der Waals surface area contributed by atoms with Crippen molar-refractivity contribution in [2.24, 2.45) is 11.8 Å². The lowest BCUT2D eigenvalue weighted by Gasteiger charge is -2.28. The van der Waals surface area contributed by atoms with Gasteiger partial charge in [-0.3, -0.25) is 0 Å². The highest BCUT2D eigenvalue weighted by molar-refractivity contribution is 9.10. The lowest BCUT2D eigenvalue weighted by Crippen LogP contribution is -2.40. The van der Waals surface area contributed by atoms with Gasteiger partial charge in [-0.15, -0.1) is 0 Å². The lowest BCUT2D eigenvalue weighted by atomic mass is 9.88. The van der Waals surface area contributed by atoms with Gasteiger partial charge in [0, 0.05) is 10.0 Å². The Kier molecular flexibility index (Phi) is 6.53. The number of benzene rings is 1. The number of hydrogen-bond donors (Lipinski definition) is 1. The lowest BCUT2D eigenvalue weighted by molar-refractivity contribution is 0.308. The highest BCUT2D eigenvalue weighted by Gasteiger charge is 2.19. The van der Waals surface area contributed by atoms with Crippen molar-refractivity contribution in [1.82, 2.24) is 5.32 Å². The van der Waals surface area contributed by atoms with Crippen LogP contribution in [0.1, 0.15) is 40.2 Å². The van der Waals surface area contributed by atoms with Crippen LogP contribution in [0, 0.1) is 11.8 Å². The zero-order valence-electron chi connectivity index (χ0n) is 13.6. The fraction of sp³-hybridized carbons (Fsp3) is 0.647. The predicted molar refractivity (Wildman–Crippen MR) is 90.5 cm³/mol. The van der Waals surface area contributed by atoms with Gasteiger partial charge in [-0.2, -0.15) is 0 Å². The minimum absolute atomic E-state index is 0.161. The Bertz CT molecular complexity index is 423. The van der Waals surface area contributed by atoms with E-state index in [0.717, 1.165) is 23.2 Å². The summed E-state index contributed by atoms with van der Waals surface area (Å²) in [6, 6.07) is 6.24. The van der Waals surface area contributed by atoms with E-state index in [-0.39, 0.29) is 5.54 Å². The third kappa shape index (κ3) is 5.84. The van der Waals surface area contributed by atoms with E-state index in [4.69, 9.17) is 4.74 Å². The monoisotopic (exact) mass is 341 g/mol. The van der Waals surface area contributed by atoms with Crippen molar-refractivity contribution in [2.45, 2.75) is 46.6 Å². The Balaban J connectivity index is 2.82. The van der Waals surface area contributed by atoms with E-state index >= 15 is 0 Å². The summed E-state index contributed by atoms with van der Waals surface area (Å²) >= 11 is 3.55. The van der Waals surface area contributed by atoms with Crippen molar-refractivity contribution in [3.05, 3.63) is 28.2 Å². The van der Waals surface area contributed by atoms with Crippen LogP contribution in [0.15, 0.2) is 22.7 Å². The largest absolute Gasteiger partial charge is 0.496 e. The van der Waals surface area contributed by atoms with Gasteiger partial charge in [0.05, 0.1) is 7.11 Å². The van der Waals surface area contributed by atoms with E-state index in [0.29, 0.717) is 11.8 Å². The molecule has 1 N–H and O–H groups in total. The van der Waals surface area contributed by atoms with Crippen LogP contribution in [-0.2, 0) is 6.42 Å². The molecule has 1 rings (SSSR count). The second kappa shape index (κ2) is 7.46. The standard InChI is InChI=1S/C17H28BrNO/c1-12(2)14(11-19-17(3,4)5)9-13-10-15(18)7-8-16(13)20-6/h7-8,10,12,14,19H,9,11H2,1-6H3. The minimum Gasteiger partial charge on any atom is -0.496 e. The molecule has 0 heterocycles. The zero-order chi connectivity index (χ0) is 15.3. The molecule has 0 aliphatic carbocycles. The van der Waals surface area contributed by atoms with Crippen LogP contribution in [0.5, 0.6) is 5.75 Å². The van der Waals surface area contributed by atoms with Crippen LogP contribution in [0.25, 0.3) is 0 Å². The summed E-state index contributed by atoms with van der Waals surface area (Å²) in [6.07, 6.45) is 1.03. The molecule has 0 amide bonds. The highest BCUT2D eigenvalue weighted by Crippen LogP contribution is 2.27. The highest BCUT2D eigenvalue weighted by atomic mass is 79.9. The van der Waals surface area contributed by atoms with Crippen molar-refractivity contribution < 1.29 is 4.74 Å². The molecule has 0 saturated heterocycles. The molecule has 0 spiro atoms. The van der Waals surface area contributed by atoms with E-state index in [1.807, 2.05) is 12.1 Å². The first-order valence-corrected chi connectivity index (χ1v) is 8.09. The third-order valence-electron chi connectivity index (χ3n) is 3.56. The van der Waals surface area contributed by atoms with Crippen molar-refractivity contribution in [1.29, 1.82) is 0 Å². The van der Waals surface area contributed by atoms with Gasteiger partial charge in [0.15, 0.2) is 0 Å². The van der Waals surface area contributed by atoms with Crippen LogP contribution < -0.4 is 10.1 Å². The molecule has 1 unspecified atom stereocenters. The molecule has 20 heavy (non-hydrogen) atoms. The molecule has 0 aliphatic heterocycles. The Hall–Kier alpha value is -0.540. The van der Waals surface area contributed by atoms with Crippen LogP contribution in [0.4, 0.5) is 0 Å². The molecule has 3 heteroatoms. The Morgan fingerprint density at radius 2 is 1.90 bits per heavy atom. The number of methoxy groups -OCH3 is 1. The van der Waals surface area contributed by atoms with Crippen molar-refractivity contribution in [2.75, 3.05) is 13.7 Å². The molecule has 0 bridgehead atoms. The molecule has 0 aromatic heterocycles. The summed E-state index contributed by atoms with van der Waals surface area (Å²) in [7, 11) is 1.74. The molecule has 1 aromatic rings. The summed E-state index contributed by atoms with van der Waals surface area (Å²) in [5, 5.41) is 3.62. The molecule has 0 radical (unpaired) electrons. The van der Waals surface area contributed by atoms with E-state index in [2.05, 4.69) is 61.9 Å². The summed E-state index contributed by atoms with van der Waals surface area (Å²) in [5.74, 6) is 2.21. The average molecular weight is 342 g/mol. The quantitative estimate of drug-likeness (QED) is 0.812. The van der Waals surface area contributed by atoms with E-state index < -0.39 is 0 Å². The van der Waals surface area contributed by atoms with Gasteiger partial charge >= 0.3 is 0 Å². The molecule has 1 atom stereocenters. The summed E-state index contributed by atoms with van der Waals surface area (Å²) in [4.78, 5) is 0. The van der Waals surface area contributed by atoms with Gasteiger partial charge in [0.1, 0.15) is 5.75 Å². The summed E-state index contributed by atoms with van der Waals surface area (Å²) in [6.45, 7) is 12.2. The number of ether oxygens (including phenoxy) is 1. The molecular formula is C17H28BrNO. The minimum atomic E-state index is 0.161. The maximum Gasteiger partial charge on any atom is 0.122 e. The Morgan fingerprint density at radius 3 is 2.40 bits per heavy atom. The molecule has 0 saturated carbocycles. The molecule has 0 fully saturated rings. The first-order chi connectivity index (χ1) is 9.23. The predicted octanol–water partition coefficient (Wildman–Crippen LogP) is 4.66. The van der Waals surface area contributed by atoms with Crippen LogP contribution >= 0.6 is 15.9 Å². The second-order valence-corrected chi connectivity index (χ2v) is 7.71. The van der Waals surface area contributed by atoms with E-state index in [9.17, 15) is 0 Å². The smallest absolute Gasteiger partial charge is 0.122 e. The topological polar surface area (TPSA) is 21.3 Å². The maximum atomic E-state index is 5.49. The average Bonchev–Trinajstić information content (AvgIpc) is 2.33. The molecular weight excluding hydrogens is 314 g/mol.